The third kappa shape index (κ3) is 2.69. The molecular formula is C31H48N2O3. The Morgan fingerprint density at radius 1 is 0.889 bits per heavy atom. The van der Waals surface area contributed by atoms with E-state index in [0.717, 1.165) is 49.8 Å². The lowest BCUT2D eigenvalue weighted by Gasteiger charge is -2.72. The van der Waals surface area contributed by atoms with Gasteiger partial charge in [-0.3, -0.25) is 14.7 Å². The van der Waals surface area contributed by atoms with Gasteiger partial charge in [-0.2, -0.15) is 0 Å². The topological polar surface area (TPSA) is 85.9 Å². The highest BCUT2D eigenvalue weighted by Crippen LogP contribution is 2.77. The maximum Gasteiger partial charge on any atom is 0.309 e. The van der Waals surface area contributed by atoms with Crippen molar-refractivity contribution in [3.8, 4) is 0 Å². The molecule has 0 spiro atoms. The van der Waals surface area contributed by atoms with E-state index in [2.05, 4.69) is 58.7 Å². The Hall–Kier alpha value is -1.52. The molecular weight excluding hydrogens is 448 g/mol. The molecule has 1 aromatic heterocycles. The second-order valence-corrected chi connectivity index (χ2v) is 15.4. The summed E-state index contributed by atoms with van der Waals surface area (Å²) in [6, 6.07) is 0. The van der Waals surface area contributed by atoms with Crippen LogP contribution in [0.15, 0.2) is 4.79 Å². The highest BCUT2D eigenvalue weighted by molar-refractivity contribution is 5.76. The summed E-state index contributed by atoms with van der Waals surface area (Å²) in [4.78, 5) is 25.7. The van der Waals surface area contributed by atoms with Crippen molar-refractivity contribution < 1.29 is 9.90 Å². The van der Waals surface area contributed by atoms with Crippen molar-refractivity contribution in [3.05, 3.63) is 21.6 Å². The molecule has 5 aliphatic carbocycles. The zero-order valence-electron chi connectivity index (χ0n) is 23.6. The molecule has 5 nitrogen and oxygen atoms in total. The standard InChI is InChI=1S/C31H48N2O3/c1-17(2)18-10-13-31(26(35)36)15-14-29(6)20(23(18)31)8-9-22-28(5)16-19-24(32-33-25(19)34)27(3,4)21(28)11-12-30(22,29)7/h17-18,20-23H,8-16H2,1-7H3,(H,35,36)(H2,32,33,34)/t18-,20+,21-,22+,23+,28-,29+,30+,31-/m0/s1. The van der Waals surface area contributed by atoms with E-state index in [1.807, 2.05) is 0 Å². The summed E-state index contributed by atoms with van der Waals surface area (Å²) in [5.74, 6) is 2.43. The summed E-state index contributed by atoms with van der Waals surface area (Å²) >= 11 is 0. The van der Waals surface area contributed by atoms with Gasteiger partial charge in [0.15, 0.2) is 0 Å². The fourth-order valence-electron chi connectivity index (χ4n) is 12.2. The highest BCUT2D eigenvalue weighted by atomic mass is 16.4. The molecule has 1 aromatic rings. The minimum Gasteiger partial charge on any atom is -0.481 e. The largest absolute Gasteiger partial charge is 0.481 e. The number of aliphatic carboxylic acids is 1. The molecule has 0 amide bonds. The van der Waals surface area contributed by atoms with E-state index in [0.29, 0.717) is 35.5 Å². The van der Waals surface area contributed by atoms with Gasteiger partial charge in [-0.05, 0) is 110 Å². The van der Waals surface area contributed by atoms with Crippen LogP contribution in [0.5, 0.6) is 0 Å². The number of carboxylic acid groups (broad SMARTS) is 1. The predicted molar refractivity (Wildman–Crippen MR) is 142 cm³/mol. The number of aromatic nitrogens is 2. The number of hydrogen-bond acceptors (Lipinski definition) is 2. The van der Waals surface area contributed by atoms with Crippen molar-refractivity contribution in [1.82, 2.24) is 10.2 Å². The smallest absolute Gasteiger partial charge is 0.309 e. The Bertz CT molecular complexity index is 1150. The van der Waals surface area contributed by atoms with Crippen LogP contribution in [0.3, 0.4) is 0 Å². The lowest BCUT2D eigenvalue weighted by atomic mass is 9.32. The first-order valence-electron chi connectivity index (χ1n) is 14.8. The van der Waals surface area contributed by atoms with E-state index in [-0.39, 0.29) is 27.2 Å². The zero-order valence-corrected chi connectivity index (χ0v) is 23.6. The van der Waals surface area contributed by atoms with E-state index in [1.54, 1.807) is 0 Å². The third-order valence-corrected chi connectivity index (χ3v) is 14.0. The van der Waals surface area contributed by atoms with Crippen LogP contribution in [-0.2, 0) is 16.6 Å². The van der Waals surface area contributed by atoms with E-state index in [9.17, 15) is 14.7 Å². The molecule has 200 valence electrons. The van der Waals surface area contributed by atoms with E-state index in [4.69, 9.17) is 0 Å². The number of hydrogen-bond donors (Lipinski definition) is 3. The number of nitrogens with one attached hydrogen (secondary N) is 2. The van der Waals surface area contributed by atoms with Gasteiger partial charge in [0, 0.05) is 16.7 Å². The normalized spacial score (nSPS) is 48.9. The minimum atomic E-state index is -0.520. The molecule has 0 aliphatic heterocycles. The van der Waals surface area contributed by atoms with Crippen molar-refractivity contribution in [1.29, 1.82) is 0 Å². The first-order chi connectivity index (χ1) is 16.7. The van der Waals surface area contributed by atoms with Crippen molar-refractivity contribution >= 4 is 5.97 Å². The molecule has 4 fully saturated rings. The highest BCUT2D eigenvalue weighted by Gasteiger charge is 2.72. The van der Waals surface area contributed by atoms with Crippen LogP contribution >= 0.6 is 0 Å². The maximum atomic E-state index is 12.9. The predicted octanol–water partition coefficient (Wildman–Crippen LogP) is 6.54. The summed E-state index contributed by atoms with van der Waals surface area (Å²) in [6.07, 6.45) is 9.44. The average Bonchev–Trinajstić information content (AvgIpc) is 3.36. The molecule has 0 saturated heterocycles. The molecule has 0 bridgehead atoms. The summed E-state index contributed by atoms with van der Waals surface area (Å²) in [6.45, 7) is 17.0. The maximum absolute atomic E-state index is 12.9. The molecule has 6 rings (SSSR count). The van der Waals surface area contributed by atoms with Crippen molar-refractivity contribution in [2.24, 2.45) is 57.2 Å². The van der Waals surface area contributed by atoms with Crippen LogP contribution in [0, 0.1) is 57.2 Å². The average molecular weight is 497 g/mol. The summed E-state index contributed by atoms with van der Waals surface area (Å²) in [7, 11) is 0. The minimum absolute atomic E-state index is 0.0558. The molecule has 5 heteroatoms. The summed E-state index contributed by atoms with van der Waals surface area (Å²) in [5, 5.41) is 16.8. The number of fused-ring (bicyclic) bond motifs is 8. The van der Waals surface area contributed by atoms with Gasteiger partial charge in [0.25, 0.3) is 5.56 Å². The van der Waals surface area contributed by atoms with Crippen molar-refractivity contribution in [2.45, 2.75) is 112 Å². The Morgan fingerprint density at radius 3 is 2.28 bits per heavy atom. The van der Waals surface area contributed by atoms with Gasteiger partial charge in [-0.15, -0.1) is 0 Å². The van der Waals surface area contributed by atoms with Crippen LogP contribution in [0.25, 0.3) is 0 Å². The van der Waals surface area contributed by atoms with E-state index in [1.165, 1.54) is 19.3 Å². The Morgan fingerprint density at radius 2 is 1.61 bits per heavy atom. The Labute approximate surface area is 216 Å². The monoisotopic (exact) mass is 496 g/mol. The number of aromatic amines is 2. The van der Waals surface area contributed by atoms with Gasteiger partial charge in [-0.25, -0.2) is 0 Å². The number of H-pyrrole nitrogens is 2. The van der Waals surface area contributed by atoms with Crippen LogP contribution in [0.2, 0.25) is 0 Å². The zero-order chi connectivity index (χ0) is 26.1. The summed E-state index contributed by atoms with van der Waals surface area (Å²) in [5.41, 5.74) is 2.03. The van der Waals surface area contributed by atoms with Gasteiger partial charge in [0.05, 0.1) is 5.41 Å². The quantitative estimate of drug-likeness (QED) is 0.434. The van der Waals surface area contributed by atoms with Crippen LogP contribution < -0.4 is 5.56 Å². The lowest BCUT2D eigenvalue weighted by molar-refractivity contribution is -0.230. The van der Waals surface area contributed by atoms with Crippen LogP contribution in [0.4, 0.5) is 0 Å². The summed E-state index contributed by atoms with van der Waals surface area (Å²) < 4.78 is 0. The van der Waals surface area contributed by atoms with Crippen molar-refractivity contribution in [3.63, 3.8) is 0 Å². The molecule has 1 heterocycles. The molecule has 36 heavy (non-hydrogen) atoms. The Kier molecular flexibility index (Phi) is 5.04. The lowest BCUT2D eigenvalue weighted by Crippen LogP contribution is -2.67. The van der Waals surface area contributed by atoms with Crippen molar-refractivity contribution in [2.75, 3.05) is 0 Å². The van der Waals surface area contributed by atoms with Gasteiger partial charge in [0.1, 0.15) is 0 Å². The molecule has 0 aromatic carbocycles. The SMILES string of the molecule is CC(C)[C@@H]1CC[C@]2(C(=O)O)CC[C@]3(C)[C@H](CC[C@@H]4[C@@]5(C)Cc6c([nH][nH]c6=O)C(C)(C)[C@@H]5CC[C@]43C)[C@@H]12. The first kappa shape index (κ1) is 24.8. The molecule has 0 unspecified atom stereocenters. The fourth-order valence-corrected chi connectivity index (χ4v) is 12.2. The number of carbonyl (C=O) groups is 1. The molecule has 3 N–H and O–H groups in total. The molecule has 4 saturated carbocycles. The fraction of sp³-hybridized carbons (Fsp3) is 0.871. The van der Waals surface area contributed by atoms with E-state index >= 15 is 0 Å². The third-order valence-electron chi connectivity index (χ3n) is 14.0. The number of carboxylic acids is 1. The Balaban J connectivity index is 1.44. The molecule has 9 atom stereocenters. The van der Waals surface area contributed by atoms with Crippen LogP contribution in [-0.4, -0.2) is 21.3 Å². The van der Waals surface area contributed by atoms with E-state index < -0.39 is 11.4 Å². The van der Waals surface area contributed by atoms with Crippen LogP contribution in [0.1, 0.15) is 111 Å². The van der Waals surface area contributed by atoms with Gasteiger partial charge in [0.2, 0.25) is 0 Å². The first-order valence-corrected chi connectivity index (χ1v) is 14.8. The van der Waals surface area contributed by atoms with Gasteiger partial charge >= 0.3 is 5.97 Å². The van der Waals surface area contributed by atoms with Gasteiger partial charge < -0.3 is 10.2 Å². The van der Waals surface area contributed by atoms with Gasteiger partial charge in [-0.1, -0.05) is 48.5 Å². The second kappa shape index (κ2) is 7.32. The number of rotatable bonds is 2. The second-order valence-electron chi connectivity index (χ2n) is 15.4. The molecule has 5 aliphatic rings. The molecule has 0 radical (unpaired) electrons.